The normalized spacial score (nSPS) is 13.1. The van der Waals surface area contributed by atoms with Crippen molar-refractivity contribution in [3.05, 3.63) is 107 Å². The molecule has 1 aliphatic carbocycles. The highest BCUT2D eigenvalue weighted by molar-refractivity contribution is 6.24. The van der Waals surface area contributed by atoms with E-state index >= 15 is 0 Å². The fraction of sp³-hybridized carbons (Fsp3) is 0.0909. The maximum absolute atomic E-state index is 13.1. The van der Waals surface area contributed by atoms with Crippen molar-refractivity contribution in [2.75, 3.05) is 0 Å². The number of carbonyl (C=O) groups is 2. The van der Waals surface area contributed by atoms with Gasteiger partial charge in [-0.3, -0.25) is 19.6 Å². The second-order valence-corrected chi connectivity index (χ2v) is 6.27. The molecule has 0 saturated heterocycles. The number of rotatable bonds is 5. The Balaban J connectivity index is 1.72. The molecule has 0 radical (unpaired) electrons. The van der Waals surface area contributed by atoms with Gasteiger partial charge in [0.25, 0.3) is 0 Å². The van der Waals surface area contributed by atoms with Crippen molar-refractivity contribution in [3.8, 4) is 0 Å². The van der Waals surface area contributed by atoms with Gasteiger partial charge in [-0.25, -0.2) is 0 Å². The molecular weight excluding hydrogens is 338 g/mol. The van der Waals surface area contributed by atoms with Crippen molar-refractivity contribution in [1.29, 1.82) is 0 Å². The second-order valence-electron chi connectivity index (χ2n) is 6.27. The van der Waals surface area contributed by atoms with Gasteiger partial charge in [-0.15, -0.1) is 0 Å². The fourth-order valence-corrected chi connectivity index (χ4v) is 3.14. The minimum atomic E-state index is -0.160. The van der Waals surface area contributed by atoms with Crippen LogP contribution in [0.15, 0.2) is 84.8 Å². The number of benzene rings is 1. The summed E-state index contributed by atoms with van der Waals surface area (Å²) in [7, 11) is 0. The van der Waals surface area contributed by atoms with Gasteiger partial charge in [-0.05, 0) is 24.3 Å². The van der Waals surface area contributed by atoms with E-state index in [0.29, 0.717) is 29.9 Å². The zero-order valence-corrected chi connectivity index (χ0v) is 14.6. The molecule has 0 amide bonds. The molecule has 0 N–H and O–H groups in total. The van der Waals surface area contributed by atoms with E-state index in [-0.39, 0.29) is 11.6 Å². The van der Waals surface area contributed by atoms with Gasteiger partial charge in [-0.1, -0.05) is 36.4 Å². The van der Waals surface area contributed by atoms with Crippen molar-refractivity contribution in [2.24, 2.45) is 0 Å². The highest BCUT2D eigenvalue weighted by atomic mass is 16.1. The molecule has 0 saturated carbocycles. The van der Waals surface area contributed by atoms with Gasteiger partial charge < -0.3 is 4.90 Å². The number of Topliss-reactive ketones (excluding diaryl/α,β-unsaturated/α-hetero) is 1. The Morgan fingerprint density at radius 2 is 1.26 bits per heavy atom. The smallest absolute Gasteiger partial charge is 0.209 e. The molecule has 0 fully saturated rings. The molecule has 2 heterocycles. The summed E-state index contributed by atoms with van der Waals surface area (Å²) in [6, 6.07) is 18.2. The molecule has 0 unspecified atom stereocenters. The van der Waals surface area contributed by atoms with Gasteiger partial charge >= 0.3 is 0 Å². The third-order valence-electron chi connectivity index (χ3n) is 4.44. The van der Waals surface area contributed by atoms with Crippen LogP contribution in [-0.2, 0) is 13.1 Å². The van der Waals surface area contributed by atoms with E-state index in [1.165, 1.54) is 6.08 Å². The first-order valence-electron chi connectivity index (χ1n) is 8.67. The molecule has 0 aliphatic heterocycles. The maximum atomic E-state index is 13.1. The summed E-state index contributed by atoms with van der Waals surface area (Å²) >= 11 is 0. The lowest BCUT2D eigenvalue weighted by Crippen LogP contribution is -2.31. The fourth-order valence-electron chi connectivity index (χ4n) is 3.14. The molecule has 1 aliphatic rings. The molecule has 132 valence electrons. The molecule has 0 bridgehead atoms. The lowest BCUT2D eigenvalue weighted by atomic mass is 9.92. The average Bonchev–Trinajstić information content (AvgIpc) is 2.72. The summed E-state index contributed by atoms with van der Waals surface area (Å²) in [5.74, 6) is -0.315. The van der Waals surface area contributed by atoms with E-state index in [0.717, 1.165) is 11.4 Å². The minimum absolute atomic E-state index is 0.155. The summed E-state index contributed by atoms with van der Waals surface area (Å²) in [5, 5.41) is 0. The Morgan fingerprint density at radius 3 is 1.81 bits per heavy atom. The van der Waals surface area contributed by atoms with Crippen molar-refractivity contribution in [3.63, 3.8) is 0 Å². The number of carbonyl (C=O) groups excluding carboxylic acids is 2. The molecule has 0 atom stereocenters. The Bertz CT molecular complexity index is 972. The number of pyridine rings is 2. The Morgan fingerprint density at radius 1 is 0.704 bits per heavy atom. The van der Waals surface area contributed by atoms with Crippen molar-refractivity contribution in [2.45, 2.75) is 13.1 Å². The van der Waals surface area contributed by atoms with Crippen LogP contribution in [0.1, 0.15) is 32.1 Å². The van der Waals surface area contributed by atoms with E-state index in [9.17, 15) is 9.59 Å². The Labute approximate surface area is 157 Å². The molecule has 2 aromatic heterocycles. The van der Waals surface area contributed by atoms with Crippen LogP contribution >= 0.6 is 0 Å². The summed E-state index contributed by atoms with van der Waals surface area (Å²) in [5.41, 5.74) is 2.88. The summed E-state index contributed by atoms with van der Waals surface area (Å²) in [6.45, 7) is 0.814. The minimum Gasteiger partial charge on any atom is -0.356 e. The van der Waals surface area contributed by atoms with Crippen LogP contribution in [0, 0.1) is 0 Å². The van der Waals surface area contributed by atoms with Crippen LogP contribution in [-0.4, -0.2) is 26.4 Å². The topological polar surface area (TPSA) is 63.2 Å². The number of aromatic nitrogens is 2. The Kier molecular flexibility index (Phi) is 4.58. The van der Waals surface area contributed by atoms with E-state index < -0.39 is 0 Å². The van der Waals surface area contributed by atoms with Crippen LogP contribution in [0.25, 0.3) is 0 Å². The monoisotopic (exact) mass is 355 g/mol. The molecule has 0 spiro atoms. The highest BCUT2D eigenvalue weighted by Crippen LogP contribution is 2.25. The van der Waals surface area contributed by atoms with Crippen molar-refractivity contribution in [1.82, 2.24) is 14.9 Å². The zero-order valence-electron chi connectivity index (χ0n) is 14.6. The third kappa shape index (κ3) is 3.53. The lowest BCUT2D eigenvalue weighted by Gasteiger charge is -2.28. The summed E-state index contributed by atoms with van der Waals surface area (Å²) in [6.07, 6.45) is 4.86. The van der Waals surface area contributed by atoms with Crippen LogP contribution in [0.5, 0.6) is 0 Å². The number of hydrogen-bond donors (Lipinski definition) is 0. The van der Waals surface area contributed by atoms with Crippen LogP contribution in [0.4, 0.5) is 0 Å². The largest absolute Gasteiger partial charge is 0.356 e. The summed E-state index contributed by atoms with van der Waals surface area (Å²) in [4.78, 5) is 36.2. The van der Waals surface area contributed by atoms with Gasteiger partial charge in [0.15, 0.2) is 5.78 Å². The first-order valence-corrected chi connectivity index (χ1v) is 8.67. The van der Waals surface area contributed by atoms with Gasteiger partial charge in [0.2, 0.25) is 5.78 Å². The maximum Gasteiger partial charge on any atom is 0.209 e. The van der Waals surface area contributed by atoms with E-state index in [1.54, 1.807) is 36.7 Å². The quantitative estimate of drug-likeness (QED) is 0.701. The first-order chi connectivity index (χ1) is 13.2. The van der Waals surface area contributed by atoms with Gasteiger partial charge in [0, 0.05) is 29.6 Å². The number of nitrogens with zero attached hydrogens (tertiary/aromatic N) is 3. The van der Waals surface area contributed by atoms with Crippen molar-refractivity contribution >= 4 is 11.6 Å². The van der Waals surface area contributed by atoms with E-state index in [4.69, 9.17) is 0 Å². The van der Waals surface area contributed by atoms with E-state index in [1.807, 2.05) is 41.3 Å². The molecule has 1 aromatic carbocycles. The molecule has 27 heavy (non-hydrogen) atoms. The molecule has 5 nitrogen and oxygen atoms in total. The van der Waals surface area contributed by atoms with Crippen LogP contribution in [0.2, 0.25) is 0 Å². The number of hydrogen-bond acceptors (Lipinski definition) is 5. The zero-order chi connectivity index (χ0) is 18.6. The average molecular weight is 355 g/mol. The van der Waals surface area contributed by atoms with E-state index in [2.05, 4.69) is 9.97 Å². The first kappa shape index (κ1) is 16.8. The molecule has 5 heteroatoms. The SMILES string of the molecule is O=C1C=C(N(Cc2ccccn2)Cc2ccccn2)C(=O)c2ccccc21. The van der Waals surface area contributed by atoms with Crippen LogP contribution in [0.3, 0.4) is 0 Å². The number of fused-ring (bicyclic) bond motifs is 1. The lowest BCUT2D eigenvalue weighted by molar-refractivity contribution is 0.0945. The number of allylic oxidation sites excluding steroid dienone is 2. The third-order valence-corrected chi connectivity index (χ3v) is 4.44. The van der Waals surface area contributed by atoms with Gasteiger partial charge in [0.1, 0.15) is 0 Å². The molecular formula is C22H17N3O2. The predicted molar refractivity (Wildman–Crippen MR) is 101 cm³/mol. The summed E-state index contributed by atoms with van der Waals surface area (Å²) < 4.78 is 0. The number of ketones is 2. The molecule has 4 rings (SSSR count). The predicted octanol–water partition coefficient (Wildman–Crippen LogP) is 3.44. The van der Waals surface area contributed by atoms with Crippen LogP contribution < -0.4 is 0 Å². The standard InChI is InChI=1S/C22H17N3O2/c26-21-13-20(22(27)19-10-2-1-9-18(19)21)25(14-16-7-3-5-11-23-16)15-17-8-4-6-12-24-17/h1-13H,14-15H2. The van der Waals surface area contributed by atoms with Gasteiger partial charge in [-0.2, -0.15) is 0 Å². The molecule has 3 aromatic rings. The second kappa shape index (κ2) is 7.33. The highest BCUT2D eigenvalue weighted by Gasteiger charge is 2.29. The van der Waals surface area contributed by atoms with Crippen molar-refractivity contribution < 1.29 is 9.59 Å². The van der Waals surface area contributed by atoms with Gasteiger partial charge in [0.05, 0.1) is 30.2 Å². The Hall–Kier alpha value is -3.60.